The molecule has 1 aliphatic rings. The largest absolute Gasteiger partial charge is 0.491 e. The molecule has 0 atom stereocenters. The Labute approximate surface area is 124 Å². The number of rotatable bonds is 5. The summed E-state index contributed by atoms with van der Waals surface area (Å²) in [5.41, 5.74) is 0.452. The van der Waals surface area contributed by atoms with Crippen molar-refractivity contribution in [1.82, 2.24) is 4.98 Å². The highest BCUT2D eigenvalue weighted by Gasteiger charge is 2.37. The molecule has 1 aliphatic carbocycles. The SMILES string of the molecule is Cc1ncccc1OCC1(CS(=O)(=O)Cl)CCCCC1. The average molecular weight is 318 g/mol. The molecule has 0 bridgehead atoms. The van der Waals surface area contributed by atoms with Crippen molar-refractivity contribution < 1.29 is 13.2 Å². The molecule has 0 N–H and O–H groups in total. The molecule has 0 unspecified atom stereocenters. The van der Waals surface area contributed by atoms with Gasteiger partial charge in [0.25, 0.3) is 0 Å². The summed E-state index contributed by atoms with van der Waals surface area (Å²) in [5, 5.41) is 0. The molecule has 2 rings (SSSR count). The first kappa shape index (κ1) is 15.6. The van der Waals surface area contributed by atoms with Gasteiger partial charge < -0.3 is 4.74 Å². The zero-order valence-corrected chi connectivity index (χ0v) is 13.2. The third-order valence-electron chi connectivity index (χ3n) is 3.89. The monoisotopic (exact) mass is 317 g/mol. The summed E-state index contributed by atoms with van der Waals surface area (Å²) < 4.78 is 28.8. The standard InChI is InChI=1S/C14H20ClNO3S/c1-12-13(6-5-9-16-12)19-10-14(11-20(15,17)18)7-3-2-4-8-14/h5-6,9H,2-4,7-8,10-11H2,1H3. The van der Waals surface area contributed by atoms with Gasteiger partial charge in [-0.2, -0.15) is 0 Å². The van der Waals surface area contributed by atoms with Crippen LogP contribution in [0.25, 0.3) is 0 Å². The van der Waals surface area contributed by atoms with Gasteiger partial charge in [-0.15, -0.1) is 0 Å². The summed E-state index contributed by atoms with van der Waals surface area (Å²) in [6.07, 6.45) is 6.61. The minimum atomic E-state index is -3.52. The maximum atomic E-state index is 11.5. The van der Waals surface area contributed by atoms with Crippen LogP contribution in [0, 0.1) is 12.3 Å². The maximum Gasteiger partial charge on any atom is 0.233 e. The van der Waals surface area contributed by atoms with Crippen molar-refractivity contribution in [3.63, 3.8) is 0 Å². The van der Waals surface area contributed by atoms with Gasteiger partial charge in [0.1, 0.15) is 5.75 Å². The van der Waals surface area contributed by atoms with E-state index >= 15 is 0 Å². The summed E-state index contributed by atoms with van der Waals surface area (Å²) >= 11 is 0. The van der Waals surface area contributed by atoms with Gasteiger partial charge in [-0.25, -0.2) is 8.42 Å². The van der Waals surface area contributed by atoms with Gasteiger partial charge >= 0.3 is 0 Å². The lowest BCUT2D eigenvalue weighted by atomic mass is 9.76. The lowest BCUT2D eigenvalue weighted by Crippen LogP contribution is -2.37. The van der Waals surface area contributed by atoms with Crippen molar-refractivity contribution in [2.45, 2.75) is 39.0 Å². The predicted octanol–water partition coefficient (Wildman–Crippen LogP) is 3.29. The third kappa shape index (κ3) is 4.35. The minimum Gasteiger partial charge on any atom is -0.491 e. The second kappa shape index (κ2) is 6.31. The van der Waals surface area contributed by atoms with Gasteiger partial charge in [-0.1, -0.05) is 19.3 Å². The lowest BCUT2D eigenvalue weighted by Gasteiger charge is -2.36. The van der Waals surface area contributed by atoms with Gasteiger partial charge in [0.15, 0.2) is 0 Å². The Kier molecular flexibility index (Phi) is 4.91. The fraction of sp³-hybridized carbons (Fsp3) is 0.643. The van der Waals surface area contributed by atoms with Crippen LogP contribution in [-0.4, -0.2) is 25.8 Å². The van der Waals surface area contributed by atoms with E-state index in [2.05, 4.69) is 4.98 Å². The number of ether oxygens (including phenoxy) is 1. The zero-order valence-electron chi connectivity index (χ0n) is 11.6. The van der Waals surface area contributed by atoms with Crippen molar-refractivity contribution in [2.75, 3.05) is 12.4 Å². The molecule has 1 heterocycles. The Morgan fingerprint density at radius 1 is 1.35 bits per heavy atom. The van der Waals surface area contributed by atoms with Gasteiger partial charge in [0.2, 0.25) is 9.05 Å². The molecule has 0 saturated heterocycles. The molecular weight excluding hydrogens is 298 g/mol. The van der Waals surface area contributed by atoms with Crippen LogP contribution in [0.5, 0.6) is 5.75 Å². The van der Waals surface area contributed by atoms with Crippen LogP contribution in [-0.2, 0) is 9.05 Å². The number of aryl methyl sites for hydroxylation is 1. The van der Waals surface area contributed by atoms with E-state index in [9.17, 15) is 8.42 Å². The van der Waals surface area contributed by atoms with Crippen LogP contribution < -0.4 is 4.74 Å². The topological polar surface area (TPSA) is 56.3 Å². The Morgan fingerprint density at radius 3 is 2.65 bits per heavy atom. The first-order valence-corrected chi connectivity index (χ1v) is 9.35. The van der Waals surface area contributed by atoms with Crippen LogP contribution in [0.3, 0.4) is 0 Å². The third-order valence-corrected chi connectivity index (χ3v) is 5.17. The lowest BCUT2D eigenvalue weighted by molar-refractivity contribution is 0.118. The zero-order chi connectivity index (χ0) is 14.6. The molecule has 1 saturated carbocycles. The van der Waals surface area contributed by atoms with Crippen molar-refractivity contribution >= 4 is 19.7 Å². The van der Waals surface area contributed by atoms with Gasteiger partial charge in [-0.3, -0.25) is 4.98 Å². The molecule has 1 fully saturated rings. The van der Waals surface area contributed by atoms with Crippen LogP contribution in [0.4, 0.5) is 0 Å². The Balaban J connectivity index is 2.10. The summed E-state index contributed by atoms with van der Waals surface area (Å²) in [6.45, 7) is 2.26. The molecule has 6 heteroatoms. The summed E-state index contributed by atoms with van der Waals surface area (Å²) in [7, 11) is 1.95. The minimum absolute atomic E-state index is 0.0130. The highest BCUT2D eigenvalue weighted by Crippen LogP contribution is 2.39. The van der Waals surface area contributed by atoms with Crippen molar-refractivity contribution in [1.29, 1.82) is 0 Å². The van der Waals surface area contributed by atoms with Crippen molar-refractivity contribution in [3.05, 3.63) is 24.0 Å². The summed E-state index contributed by atoms with van der Waals surface area (Å²) in [6, 6.07) is 3.67. The highest BCUT2D eigenvalue weighted by atomic mass is 35.7. The molecule has 0 aromatic carbocycles. The maximum absolute atomic E-state index is 11.5. The summed E-state index contributed by atoms with van der Waals surface area (Å²) in [5.74, 6) is 0.699. The number of pyridine rings is 1. The fourth-order valence-electron chi connectivity index (χ4n) is 2.85. The van der Waals surface area contributed by atoms with E-state index in [-0.39, 0.29) is 11.2 Å². The first-order chi connectivity index (χ1) is 9.40. The summed E-state index contributed by atoms with van der Waals surface area (Å²) in [4.78, 5) is 4.17. The van der Waals surface area contributed by atoms with Crippen LogP contribution in [0.1, 0.15) is 37.8 Å². The fourth-order valence-corrected chi connectivity index (χ4v) is 4.65. The Morgan fingerprint density at radius 2 is 2.05 bits per heavy atom. The molecule has 0 spiro atoms. The van der Waals surface area contributed by atoms with E-state index in [0.29, 0.717) is 12.4 Å². The quantitative estimate of drug-likeness (QED) is 0.782. The molecule has 112 valence electrons. The Bertz CT molecular complexity index is 553. The molecule has 1 aromatic heterocycles. The van der Waals surface area contributed by atoms with E-state index < -0.39 is 9.05 Å². The van der Waals surface area contributed by atoms with Crippen molar-refractivity contribution in [2.24, 2.45) is 5.41 Å². The Hall–Kier alpha value is -0.810. The molecular formula is C14H20ClNO3S. The molecule has 0 amide bonds. The van der Waals surface area contributed by atoms with Gasteiger partial charge in [0, 0.05) is 22.3 Å². The number of nitrogens with zero attached hydrogens (tertiary/aromatic N) is 1. The second-order valence-corrected chi connectivity index (χ2v) is 8.40. The second-order valence-electron chi connectivity index (χ2n) is 5.62. The highest BCUT2D eigenvalue weighted by molar-refractivity contribution is 8.13. The molecule has 1 aromatic rings. The van der Waals surface area contributed by atoms with Gasteiger partial charge in [0.05, 0.1) is 18.1 Å². The predicted molar refractivity (Wildman–Crippen MR) is 79.6 cm³/mol. The van der Waals surface area contributed by atoms with Crippen LogP contribution in [0.2, 0.25) is 0 Å². The molecule has 0 radical (unpaired) electrons. The number of aromatic nitrogens is 1. The van der Waals surface area contributed by atoms with Crippen LogP contribution in [0.15, 0.2) is 18.3 Å². The number of halogens is 1. The van der Waals surface area contributed by atoms with E-state index in [1.165, 1.54) is 0 Å². The molecule has 20 heavy (non-hydrogen) atoms. The average Bonchev–Trinajstić information content (AvgIpc) is 2.37. The van der Waals surface area contributed by atoms with E-state index in [0.717, 1.165) is 37.8 Å². The number of hydrogen-bond donors (Lipinski definition) is 0. The normalized spacial score (nSPS) is 18.7. The first-order valence-electron chi connectivity index (χ1n) is 6.87. The van der Waals surface area contributed by atoms with E-state index in [1.54, 1.807) is 6.20 Å². The van der Waals surface area contributed by atoms with E-state index in [1.807, 2.05) is 19.1 Å². The number of hydrogen-bond acceptors (Lipinski definition) is 4. The molecule has 4 nitrogen and oxygen atoms in total. The molecule has 0 aliphatic heterocycles. The van der Waals surface area contributed by atoms with Crippen LogP contribution >= 0.6 is 10.7 Å². The van der Waals surface area contributed by atoms with Crippen molar-refractivity contribution in [3.8, 4) is 5.75 Å². The smallest absolute Gasteiger partial charge is 0.233 e. The van der Waals surface area contributed by atoms with E-state index in [4.69, 9.17) is 15.4 Å². The van der Waals surface area contributed by atoms with Gasteiger partial charge in [-0.05, 0) is 31.9 Å².